The van der Waals surface area contributed by atoms with Crippen molar-refractivity contribution in [1.29, 1.82) is 0 Å². The van der Waals surface area contributed by atoms with Crippen molar-refractivity contribution in [1.82, 2.24) is 0 Å². The van der Waals surface area contributed by atoms with Gasteiger partial charge in [-0.25, -0.2) is 4.99 Å². The molecular weight excluding hydrogens is 126 g/mol. The Morgan fingerprint density at radius 2 is 2.30 bits per heavy atom. The molecule has 0 spiro atoms. The van der Waals surface area contributed by atoms with E-state index >= 15 is 0 Å². The van der Waals surface area contributed by atoms with Crippen LogP contribution in [-0.2, 0) is 4.74 Å². The summed E-state index contributed by atoms with van der Waals surface area (Å²) in [7, 11) is 0. The normalized spacial score (nSPS) is 30.7. The summed E-state index contributed by atoms with van der Waals surface area (Å²) in [4.78, 5) is 4.16. The molecule has 0 saturated carbocycles. The molecule has 2 heteroatoms. The van der Waals surface area contributed by atoms with E-state index in [1.54, 1.807) is 12.2 Å². The average Bonchev–Trinajstić information content (AvgIpc) is 2.30. The zero-order valence-corrected chi connectivity index (χ0v) is 6.08. The third-order valence-electron chi connectivity index (χ3n) is 1.48. The smallest absolute Gasteiger partial charge is 0.209 e. The van der Waals surface area contributed by atoms with Crippen LogP contribution < -0.4 is 0 Å². The predicted octanol–water partition coefficient (Wildman–Crippen LogP) is 1.54. The van der Waals surface area contributed by atoms with Gasteiger partial charge >= 0.3 is 0 Å². The molecular formula is C8H11NO. The zero-order chi connectivity index (χ0) is 7.56. The summed E-state index contributed by atoms with van der Waals surface area (Å²) in [6, 6.07) is 0.105. The first-order valence-electron chi connectivity index (χ1n) is 3.27. The van der Waals surface area contributed by atoms with E-state index in [0.29, 0.717) is 5.90 Å². The first-order valence-corrected chi connectivity index (χ1v) is 3.27. The molecule has 2 unspecified atom stereocenters. The highest BCUT2D eigenvalue weighted by atomic mass is 16.5. The quantitative estimate of drug-likeness (QED) is 0.529. The van der Waals surface area contributed by atoms with Crippen LogP contribution in [0.25, 0.3) is 0 Å². The summed E-state index contributed by atoms with van der Waals surface area (Å²) in [5.41, 5.74) is 0. The minimum Gasteiger partial charge on any atom is -0.472 e. The van der Waals surface area contributed by atoms with Crippen molar-refractivity contribution in [2.45, 2.75) is 19.1 Å². The van der Waals surface area contributed by atoms with Crippen molar-refractivity contribution in [3.8, 4) is 0 Å². The Bertz CT molecular complexity index is 184. The van der Waals surface area contributed by atoms with Crippen molar-refractivity contribution in [2.24, 2.45) is 4.99 Å². The molecule has 0 saturated heterocycles. The Hall–Kier alpha value is -1.05. The molecule has 0 aromatic carbocycles. The molecule has 0 fully saturated rings. The standard InChI is InChI=1S/C8H11NO/c1-4-7-6(3)10-8(5-2)9-7/h4-7H,1-2H2,3H3. The summed E-state index contributed by atoms with van der Waals surface area (Å²) in [6.07, 6.45) is 3.51. The molecule has 0 N–H and O–H groups in total. The fraction of sp³-hybridized carbons (Fsp3) is 0.375. The summed E-state index contributed by atoms with van der Waals surface area (Å²) in [5, 5.41) is 0. The fourth-order valence-electron chi connectivity index (χ4n) is 0.888. The molecule has 0 aromatic rings. The molecule has 0 aromatic heterocycles. The molecule has 2 atom stereocenters. The zero-order valence-electron chi connectivity index (χ0n) is 6.08. The van der Waals surface area contributed by atoms with Gasteiger partial charge in [-0.3, -0.25) is 0 Å². The Balaban J connectivity index is 2.69. The molecule has 1 aliphatic rings. The van der Waals surface area contributed by atoms with E-state index in [0.717, 1.165) is 0 Å². The van der Waals surface area contributed by atoms with E-state index < -0.39 is 0 Å². The second-order valence-corrected chi connectivity index (χ2v) is 2.22. The van der Waals surface area contributed by atoms with E-state index in [1.807, 2.05) is 6.92 Å². The van der Waals surface area contributed by atoms with Crippen molar-refractivity contribution >= 4 is 5.90 Å². The van der Waals surface area contributed by atoms with Gasteiger partial charge in [-0.2, -0.15) is 0 Å². The summed E-state index contributed by atoms with van der Waals surface area (Å²) in [6.45, 7) is 9.16. The molecule has 0 radical (unpaired) electrons. The monoisotopic (exact) mass is 137 g/mol. The van der Waals surface area contributed by atoms with E-state index in [9.17, 15) is 0 Å². The Labute approximate surface area is 60.9 Å². The minimum atomic E-state index is 0.105. The maximum Gasteiger partial charge on any atom is 0.209 e. The first kappa shape index (κ1) is 7.06. The van der Waals surface area contributed by atoms with E-state index in [2.05, 4.69) is 18.2 Å². The second-order valence-electron chi connectivity index (χ2n) is 2.22. The number of hydrogen-bond acceptors (Lipinski definition) is 2. The maximum absolute atomic E-state index is 5.27. The topological polar surface area (TPSA) is 21.6 Å². The van der Waals surface area contributed by atoms with Crippen LogP contribution >= 0.6 is 0 Å². The van der Waals surface area contributed by atoms with Crippen LogP contribution in [0.2, 0.25) is 0 Å². The number of aliphatic imine (C=N–C) groups is 1. The average molecular weight is 137 g/mol. The van der Waals surface area contributed by atoms with Crippen LogP contribution in [0.5, 0.6) is 0 Å². The van der Waals surface area contributed by atoms with Gasteiger partial charge < -0.3 is 4.74 Å². The molecule has 1 heterocycles. The SMILES string of the molecule is C=CC1=NC(C=C)C(C)O1. The summed E-state index contributed by atoms with van der Waals surface area (Å²) < 4.78 is 5.27. The van der Waals surface area contributed by atoms with Crippen molar-refractivity contribution in [2.75, 3.05) is 0 Å². The van der Waals surface area contributed by atoms with Crippen LogP contribution in [0, 0.1) is 0 Å². The van der Waals surface area contributed by atoms with Crippen LogP contribution in [0.15, 0.2) is 30.3 Å². The lowest BCUT2D eigenvalue weighted by molar-refractivity contribution is 0.228. The Morgan fingerprint density at radius 3 is 2.60 bits per heavy atom. The number of hydrogen-bond donors (Lipinski definition) is 0. The highest BCUT2D eigenvalue weighted by molar-refractivity contribution is 5.88. The van der Waals surface area contributed by atoms with Gasteiger partial charge in [0.1, 0.15) is 12.1 Å². The van der Waals surface area contributed by atoms with E-state index in [4.69, 9.17) is 4.74 Å². The number of rotatable bonds is 2. The van der Waals surface area contributed by atoms with Gasteiger partial charge in [0, 0.05) is 0 Å². The van der Waals surface area contributed by atoms with Crippen LogP contribution in [-0.4, -0.2) is 18.0 Å². The minimum absolute atomic E-state index is 0.105. The predicted molar refractivity (Wildman–Crippen MR) is 42.2 cm³/mol. The van der Waals surface area contributed by atoms with Gasteiger partial charge in [-0.15, -0.1) is 6.58 Å². The lowest BCUT2D eigenvalue weighted by Crippen LogP contribution is -2.15. The fourth-order valence-corrected chi connectivity index (χ4v) is 0.888. The third kappa shape index (κ3) is 1.10. The molecule has 0 amide bonds. The second kappa shape index (κ2) is 2.69. The van der Waals surface area contributed by atoms with Gasteiger partial charge in [0.15, 0.2) is 0 Å². The highest BCUT2D eigenvalue weighted by Crippen LogP contribution is 2.13. The molecule has 1 rings (SSSR count). The lowest BCUT2D eigenvalue weighted by Gasteiger charge is -2.06. The van der Waals surface area contributed by atoms with Crippen LogP contribution in [0.4, 0.5) is 0 Å². The molecule has 0 aliphatic carbocycles. The van der Waals surface area contributed by atoms with Gasteiger partial charge in [-0.05, 0) is 13.0 Å². The highest BCUT2D eigenvalue weighted by Gasteiger charge is 2.21. The van der Waals surface area contributed by atoms with Crippen molar-refractivity contribution in [3.63, 3.8) is 0 Å². The number of nitrogens with zero attached hydrogens (tertiary/aromatic N) is 1. The van der Waals surface area contributed by atoms with Crippen molar-refractivity contribution in [3.05, 3.63) is 25.3 Å². The van der Waals surface area contributed by atoms with Gasteiger partial charge in [-0.1, -0.05) is 12.7 Å². The van der Waals surface area contributed by atoms with Crippen LogP contribution in [0.3, 0.4) is 0 Å². The molecule has 54 valence electrons. The van der Waals surface area contributed by atoms with Gasteiger partial charge in [0.05, 0.1) is 0 Å². The lowest BCUT2D eigenvalue weighted by atomic mass is 10.2. The third-order valence-corrected chi connectivity index (χ3v) is 1.48. The molecule has 1 aliphatic heterocycles. The number of ether oxygens (including phenoxy) is 1. The van der Waals surface area contributed by atoms with Gasteiger partial charge in [0.25, 0.3) is 0 Å². The largest absolute Gasteiger partial charge is 0.472 e. The maximum atomic E-state index is 5.27. The Kier molecular flexibility index (Phi) is 1.90. The molecule has 0 bridgehead atoms. The van der Waals surface area contributed by atoms with E-state index in [1.165, 1.54) is 0 Å². The molecule has 2 nitrogen and oxygen atoms in total. The first-order chi connectivity index (χ1) is 4.77. The summed E-state index contributed by atoms with van der Waals surface area (Å²) >= 11 is 0. The van der Waals surface area contributed by atoms with Crippen LogP contribution in [0.1, 0.15) is 6.92 Å². The Morgan fingerprint density at radius 1 is 1.60 bits per heavy atom. The van der Waals surface area contributed by atoms with Crippen molar-refractivity contribution < 1.29 is 4.74 Å². The molecule has 10 heavy (non-hydrogen) atoms. The summed E-state index contributed by atoms with van der Waals surface area (Å²) in [5.74, 6) is 0.623. The van der Waals surface area contributed by atoms with Gasteiger partial charge in [0.2, 0.25) is 5.90 Å². The van der Waals surface area contributed by atoms with E-state index in [-0.39, 0.29) is 12.1 Å².